The number of nitrogens with one attached hydrogen (secondary N) is 1. The molecule has 1 aromatic heterocycles. The highest BCUT2D eigenvalue weighted by Crippen LogP contribution is 2.19. The number of para-hydroxylation sites is 1. The zero-order chi connectivity index (χ0) is 14.7. The van der Waals surface area contributed by atoms with Gasteiger partial charge in [0, 0.05) is 5.39 Å². The molecule has 0 fully saturated rings. The fourth-order valence-corrected chi connectivity index (χ4v) is 2.02. The summed E-state index contributed by atoms with van der Waals surface area (Å²) in [6.45, 7) is 3.81. The Bertz CT molecular complexity index is 597. The molecule has 1 unspecified atom stereocenters. The van der Waals surface area contributed by atoms with Crippen LogP contribution in [0.15, 0.2) is 34.7 Å². The number of benzene rings is 1. The lowest BCUT2D eigenvalue weighted by molar-refractivity contribution is -0.139. The summed E-state index contributed by atoms with van der Waals surface area (Å²) >= 11 is 0. The van der Waals surface area contributed by atoms with Gasteiger partial charge in [-0.05, 0) is 24.5 Å². The summed E-state index contributed by atoms with van der Waals surface area (Å²) in [7, 11) is 0. The van der Waals surface area contributed by atoms with E-state index >= 15 is 0 Å². The average molecular weight is 275 g/mol. The van der Waals surface area contributed by atoms with Crippen LogP contribution in [0.5, 0.6) is 0 Å². The number of fused-ring (bicyclic) bond motifs is 1. The summed E-state index contributed by atoms with van der Waals surface area (Å²) < 4.78 is 5.41. The predicted molar refractivity (Wildman–Crippen MR) is 74.6 cm³/mol. The van der Waals surface area contributed by atoms with Crippen molar-refractivity contribution < 1.29 is 19.1 Å². The summed E-state index contributed by atoms with van der Waals surface area (Å²) in [5, 5.41) is 12.4. The van der Waals surface area contributed by atoms with Gasteiger partial charge in [0.2, 0.25) is 0 Å². The molecule has 5 nitrogen and oxygen atoms in total. The molecule has 0 radical (unpaired) electrons. The van der Waals surface area contributed by atoms with E-state index in [1.165, 1.54) is 0 Å². The van der Waals surface area contributed by atoms with Crippen LogP contribution in [0.25, 0.3) is 11.0 Å². The zero-order valence-electron chi connectivity index (χ0n) is 11.4. The topological polar surface area (TPSA) is 79.5 Å². The SMILES string of the molecule is CC(C)CC(NC(=O)c1cc2ccccc2o1)C(=O)O. The molecular weight excluding hydrogens is 258 g/mol. The molecule has 2 N–H and O–H groups in total. The van der Waals surface area contributed by atoms with Crippen LogP contribution in [-0.4, -0.2) is 23.0 Å². The Morgan fingerprint density at radius 1 is 1.30 bits per heavy atom. The first-order valence-corrected chi connectivity index (χ1v) is 6.49. The Morgan fingerprint density at radius 3 is 2.60 bits per heavy atom. The van der Waals surface area contributed by atoms with Crippen molar-refractivity contribution in [1.29, 1.82) is 0 Å². The number of rotatable bonds is 5. The Morgan fingerprint density at radius 2 is 2.00 bits per heavy atom. The zero-order valence-corrected chi connectivity index (χ0v) is 11.4. The molecule has 0 aliphatic heterocycles. The lowest BCUT2D eigenvalue weighted by Gasteiger charge is -2.15. The maximum absolute atomic E-state index is 12.0. The molecule has 2 aromatic rings. The van der Waals surface area contributed by atoms with Crippen LogP contribution in [0.4, 0.5) is 0 Å². The second-order valence-corrected chi connectivity index (χ2v) is 5.14. The standard InChI is InChI=1S/C15H17NO4/c1-9(2)7-11(15(18)19)16-14(17)13-8-10-5-3-4-6-12(10)20-13/h3-6,8-9,11H,7H2,1-2H3,(H,16,17)(H,18,19). The quantitative estimate of drug-likeness (QED) is 0.879. The molecular formula is C15H17NO4. The third-order valence-electron chi connectivity index (χ3n) is 2.96. The predicted octanol–water partition coefficient (Wildman–Crippen LogP) is 2.66. The number of hydrogen-bond donors (Lipinski definition) is 2. The van der Waals surface area contributed by atoms with Crippen molar-refractivity contribution in [3.8, 4) is 0 Å². The Kier molecular flexibility index (Phi) is 4.08. The summed E-state index contributed by atoms with van der Waals surface area (Å²) in [6, 6.07) is 7.95. The van der Waals surface area contributed by atoms with Crippen molar-refractivity contribution in [3.05, 3.63) is 36.1 Å². The highest BCUT2D eigenvalue weighted by molar-refractivity contribution is 5.97. The van der Waals surface area contributed by atoms with Crippen molar-refractivity contribution in [1.82, 2.24) is 5.32 Å². The second kappa shape index (κ2) is 5.77. The van der Waals surface area contributed by atoms with Crippen LogP contribution in [0.1, 0.15) is 30.8 Å². The van der Waals surface area contributed by atoms with Gasteiger partial charge in [-0.3, -0.25) is 4.79 Å². The monoisotopic (exact) mass is 275 g/mol. The van der Waals surface area contributed by atoms with Gasteiger partial charge in [-0.25, -0.2) is 4.79 Å². The van der Waals surface area contributed by atoms with Gasteiger partial charge < -0.3 is 14.8 Å². The van der Waals surface area contributed by atoms with E-state index in [2.05, 4.69) is 5.32 Å². The summed E-state index contributed by atoms with van der Waals surface area (Å²) in [5.41, 5.74) is 0.605. The number of carbonyl (C=O) groups excluding carboxylic acids is 1. The van der Waals surface area contributed by atoms with Crippen molar-refractivity contribution >= 4 is 22.8 Å². The number of amides is 1. The minimum atomic E-state index is -1.04. The van der Waals surface area contributed by atoms with Gasteiger partial charge in [0.25, 0.3) is 5.91 Å². The molecule has 106 valence electrons. The lowest BCUT2D eigenvalue weighted by Crippen LogP contribution is -2.41. The van der Waals surface area contributed by atoms with Crippen molar-refractivity contribution in [2.45, 2.75) is 26.3 Å². The highest BCUT2D eigenvalue weighted by atomic mass is 16.4. The molecule has 1 heterocycles. The summed E-state index contributed by atoms with van der Waals surface area (Å²) in [4.78, 5) is 23.2. The fourth-order valence-electron chi connectivity index (χ4n) is 2.02. The number of carboxylic acids is 1. The Labute approximate surface area is 116 Å². The van der Waals surface area contributed by atoms with Crippen LogP contribution in [-0.2, 0) is 4.79 Å². The third kappa shape index (κ3) is 3.17. The maximum Gasteiger partial charge on any atom is 0.326 e. The summed E-state index contributed by atoms with van der Waals surface area (Å²) in [6.07, 6.45) is 0.376. The van der Waals surface area contributed by atoms with E-state index in [4.69, 9.17) is 9.52 Å². The number of carbonyl (C=O) groups is 2. The molecule has 0 spiro atoms. The molecule has 0 aliphatic rings. The molecule has 1 atom stereocenters. The fraction of sp³-hybridized carbons (Fsp3) is 0.333. The molecule has 2 rings (SSSR count). The molecule has 5 heteroatoms. The third-order valence-corrected chi connectivity index (χ3v) is 2.96. The molecule has 0 bridgehead atoms. The molecule has 1 amide bonds. The van der Waals surface area contributed by atoms with Crippen LogP contribution in [0.2, 0.25) is 0 Å². The van der Waals surface area contributed by atoms with Crippen LogP contribution in [0, 0.1) is 5.92 Å². The molecule has 1 aromatic carbocycles. The Balaban J connectivity index is 2.15. The molecule has 0 aliphatic carbocycles. The minimum Gasteiger partial charge on any atom is -0.480 e. The Hall–Kier alpha value is -2.30. The molecule has 0 saturated heterocycles. The maximum atomic E-state index is 12.0. The van der Waals surface area contributed by atoms with Crippen molar-refractivity contribution in [3.63, 3.8) is 0 Å². The lowest BCUT2D eigenvalue weighted by atomic mass is 10.0. The van der Waals surface area contributed by atoms with E-state index in [1.807, 2.05) is 32.0 Å². The number of hydrogen-bond acceptors (Lipinski definition) is 3. The number of carboxylic acid groups (broad SMARTS) is 1. The summed E-state index contributed by atoms with van der Waals surface area (Å²) in [5.74, 6) is -1.24. The van der Waals surface area contributed by atoms with Gasteiger partial charge in [-0.2, -0.15) is 0 Å². The highest BCUT2D eigenvalue weighted by Gasteiger charge is 2.23. The van der Waals surface area contributed by atoms with Crippen LogP contribution in [0.3, 0.4) is 0 Å². The molecule has 20 heavy (non-hydrogen) atoms. The first-order chi connectivity index (χ1) is 9.47. The van der Waals surface area contributed by atoms with Crippen molar-refractivity contribution in [2.75, 3.05) is 0 Å². The van der Waals surface area contributed by atoms with E-state index in [-0.39, 0.29) is 11.7 Å². The van der Waals surface area contributed by atoms with Crippen LogP contribution >= 0.6 is 0 Å². The van der Waals surface area contributed by atoms with Gasteiger partial charge in [-0.1, -0.05) is 32.0 Å². The van der Waals surface area contributed by atoms with Gasteiger partial charge >= 0.3 is 5.97 Å². The smallest absolute Gasteiger partial charge is 0.326 e. The van der Waals surface area contributed by atoms with Crippen LogP contribution < -0.4 is 5.32 Å². The first-order valence-electron chi connectivity index (χ1n) is 6.49. The molecule has 0 saturated carbocycles. The van der Waals surface area contributed by atoms with E-state index in [0.29, 0.717) is 12.0 Å². The number of furan rings is 1. The normalized spacial score (nSPS) is 12.6. The van der Waals surface area contributed by atoms with E-state index in [9.17, 15) is 9.59 Å². The van der Waals surface area contributed by atoms with Gasteiger partial charge in [0.1, 0.15) is 11.6 Å². The first kappa shape index (κ1) is 14.1. The van der Waals surface area contributed by atoms with E-state index < -0.39 is 17.9 Å². The number of aliphatic carboxylic acids is 1. The second-order valence-electron chi connectivity index (χ2n) is 5.14. The van der Waals surface area contributed by atoms with E-state index in [1.54, 1.807) is 12.1 Å². The van der Waals surface area contributed by atoms with Gasteiger partial charge in [-0.15, -0.1) is 0 Å². The van der Waals surface area contributed by atoms with E-state index in [0.717, 1.165) is 5.39 Å². The van der Waals surface area contributed by atoms with Gasteiger partial charge in [0.15, 0.2) is 5.76 Å². The minimum absolute atomic E-state index is 0.126. The largest absolute Gasteiger partial charge is 0.480 e. The van der Waals surface area contributed by atoms with Gasteiger partial charge in [0.05, 0.1) is 0 Å². The van der Waals surface area contributed by atoms with Crippen molar-refractivity contribution in [2.24, 2.45) is 5.92 Å². The average Bonchev–Trinajstić information content (AvgIpc) is 2.81.